The summed E-state index contributed by atoms with van der Waals surface area (Å²) in [6.07, 6.45) is 0.513. The molecule has 0 aromatic heterocycles. The van der Waals surface area contributed by atoms with Gasteiger partial charge in [-0.25, -0.2) is 4.79 Å². The van der Waals surface area contributed by atoms with Crippen molar-refractivity contribution in [1.29, 1.82) is 0 Å². The number of thioether (sulfide) groups is 1. The average Bonchev–Trinajstić information content (AvgIpc) is 2.56. The highest BCUT2D eigenvalue weighted by molar-refractivity contribution is 7.99. The molecule has 0 aromatic rings. The number of hydrogen-bond acceptors (Lipinski definition) is 5. The Morgan fingerprint density at radius 1 is 0.962 bits per heavy atom. The molecule has 8 heteroatoms. The zero-order valence-electron chi connectivity index (χ0n) is 17.1. The summed E-state index contributed by atoms with van der Waals surface area (Å²) in [5, 5.41) is 2.71. The summed E-state index contributed by atoms with van der Waals surface area (Å²) < 4.78 is 5.17. The molecule has 0 heterocycles. The molecular formula is C18H35N3O4S. The summed E-state index contributed by atoms with van der Waals surface area (Å²) in [7, 11) is 1.76. The Labute approximate surface area is 162 Å². The van der Waals surface area contributed by atoms with Crippen LogP contribution in [0.25, 0.3) is 0 Å². The maximum absolute atomic E-state index is 12.0. The first-order valence-corrected chi connectivity index (χ1v) is 10.3. The lowest BCUT2D eigenvalue weighted by Crippen LogP contribution is -2.40. The molecule has 0 aliphatic heterocycles. The number of amides is 3. The molecule has 0 radical (unpaired) electrons. The van der Waals surface area contributed by atoms with Gasteiger partial charge < -0.3 is 19.9 Å². The minimum atomic E-state index is -0.495. The average molecular weight is 390 g/mol. The summed E-state index contributed by atoms with van der Waals surface area (Å²) in [6, 6.07) is 0. The fourth-order valence-electron chi connectivity index (χ4n) is 2.07. The molecule has 0 aromatic carbocycles. The molecule has 0 rings (SSSR count). The number of hydrogen-bond donors (Lipinski definition) is 1. The largest absolute Gasteiger partial charge is 0.444 e. The predicted molar refractivity (Wildman–Crippen MR) is 106 cm³/mol. The summed E-state index contributed by atoms with van der Waals surface area (Å²) in [5.74, 6) is 1.71. The lowest BCUT2D eigenvalue weighted by Gasteiger charge is -2.25. The highest BCUT2D eigenvalue weighted by Gasteiger charge is 2.16. The number of ether oxygens (including phenoxy) is 1. The quantitative estimate of drug-likeness (QED) is 0.549. The molecular weight excluding hydrogens is 354 g/mol. The minimum absolute atomic E-state index is 0.0801. The van der Waals surface area contributed by atoms with Crippen LogP contribution in [-0.2, 0) is 14.3 Å². The van der Waals surface area contributed by atoms with Crippen molar-refractivity contribution in [2.75, 3.05) is 44.7 Å². The van der Waals surface area contributed by atoms with Gasteiger partial charge in [-0.3, -0.25) is 9.59 Å². The highest BCUT2D eigenvalue weighted by atomic mass is 32.2. The lowest BCUT2D eigenvalue weighted by molar-refractivity contribution is -0.133. The number of nitrogens with zero attached hydrogens (tertiary/aromatic N) is 2. The molecule has 0 atom stereocenters. The standard InChI is InChI=1S/C18H35N3O4S/c1-7-15(22)20(6)10-11-21(16(23)8-2)12-14-26-13-9-19-17(24)25-18(3,4)5/h7-14H2,1-6H3,(H,19,24). The van der Waals surface area contributed by atoms with Gasteiger partial charge in [-0.05, 0) is 20.8 Å². The van der Waals surface area contributed by atoms with E-state index >= 15 is 0 Å². The van der Waals surface area contributed by atoms with Crippen molar-refractivity contribution in [3.8, 4) is 0 Å². The van der Waals surface area contributed by atoms with Crippen LogP contribution in [0.2, 0.25) is 0 Å². The predicted octanol–water partition coefficient (Wildman–Crippen LogP) is 2.35. The van der Waals surface area contributed by atoms with E-state index in [0.29, 0.717) is 39.0 Å². The molecule has 0 saturated carbocycles. The van der Waals surface area contributed by atoms with E-state index in [0.717, 1.165) is 11.5 Å². The zero-order valence-corrected chi connectivity index (χ0v) is 17.9. The van der Waals surface area contributed by atoms with Crippen LogP contribution in [-0.4, -0.2) is 78.0 Å². The van der Waals surface area contributed by atoms with E-state index in [1.54, 1.807) is 28.6 Å². The van der Waals surface area contributed by atoms with Gasteiger partial charge in [-0.2, -0.15) is 11.8 Å². The molecule has 0 fully saturated rings. The summed E-state index contributed by atoms with van der Waals surface area (Å²) >= 11 is 1.67. The Morgan fingerprint density at radius 2 is 1.58 bits per heavy atom. The minimum Gasteiger partial charge on any atom is -0.444 e. The first kappa shape index (κ1) is 24.6. The maximum Gasteiger partial charge on any atom is 0.407 e. The zero-order chi connectivity index (χ0) is 20.2. The van der Waals surface area contributed by atoms with Crippen molar-refractivity contribution in [1.82, 2.24) is 15.1 Å². The van der Waals surface area contributed by atoms with Gasteiger partial charge in [0.15, 0.2) is 0 Å². The first-order chi connectivity index (χ1) is 12.1. The van der Waals surface area contributed by atoms with E-state index in [2.05, 4.69) is 5.32 Å². The van der Waals surface area contributed by atoms with Gasteiger partial charge in [0, 0.05) is 57.6 Å². The number of carbonyl (C=O) groups excluding carboxylic acids is 3. The molecule has 1 N–H and O–H groups in total. The van der Waals surface area contributed by atoms with E-state index in [9.17, 15) is 14.4 Å². The van der Waals surface area contributed by atoms with E-state index < -0.39 is 11.7 Å². The summed E-state index contributed by atoms with van der Waals surface area (Å²) in [4.78, 5) is 38.6. The van der Waals surface area contributed by atoms with E-state index in [1.807, 2.05) is 34.6 Å². The number of rotatable bonds is 11. The topological polar surface area (TPSA) is 79.0 Å². The van der Waals surface area contributed by atoms with Crippen molar-refractivity contribution < 1.29 is 19.1 Å². The van der Waals surface area contributed by atoms with Crippen LogP contribution in [0.5, 0.6) is 0 Å². The summed E-state index contributed by atoms with van der Waals surface area (Å²) in [6.45, 7) is 11.4. The Bertz CT molecular complexity index is 452. The smallest absolute Gasteiger partial charge is 0.407 e. The third-order valence-electron chi connectivity index (χ3n) is 3.51. The second kappa shape index (κ2) is 12.8. The fourth-order valence-corrected chi connectivity index (χ4v) is 2.87. The number of likely N-dealkylation sites (N-methyl/N-ethyl adjacent to an activating group) is 1. The van der Waals surface area contributed by atoms with E-state index in [1.165, 1.54) is 0 Å². The van der Waals surface area contributed by atoms with Gasteiger partial charge in [-0.15, -0.1) is 0 Å². The van der Waals surface area contributed by atoms with Crippen LogP contribution < -0.4 is 5.32 Å². The van der Waals surface area contributed by atoms with Gasteiger partial charge in [0.25, 0.3) is 0 Å². The van der Waals surface area contributed by atoms with Gasteiger partial charge in [0.05, 0.1) is 0 Å². The molecule has 0 aliphatic carbocycles. The summed E-state index contributed by atoms with van der Waals surface area (Å²) in [5.41, 5.74) is -0.495. The SMILES string of the molecule is CCC(=O)N(C)CCN(CCSCCNC(=O)OC(C)(C)C)C(=O)CC. The van der Waals surface area contributed by atoms with Gasteiger partial charge in [0.2, 0.25) is 11.8 Å². The maximum atomic E-state index is 12.0. The van der Waals surface area contributed by atoms with Crippen LogP contribution in [0.4, 0.5) is 4.79 Å². The third-order valence-corrected chi connectivity index (χ3v) is 4.47. The Hall–Kier alpha value is -1.44. The molecule has 0 spiro atoms. The molecule has 0 bridgehead atoms. The van der Waals surface area contributed by atoms with Gasteiger partial charge >= 0.3 is 6.09 Å². The Morgan fingerprint density at radius 3 is 2.12 bits per heavy atom. The second-order valence-electron chi connectivity index (χ2n) is 6.94. The molecule has 0 aliphatic rings. The van der Waals surface area contributed by atoms with Crippen LogP contribution in [0.15, 0.2) is 0 Å². The highest BCUT2D eigenvalue weighted by Crippen LogP contribution is 2.07. The molecule has 3 amide bonds. The fraction of sp³-hybridized carbons (Fsp3) is 0.833. The normalized spacial score (nSPS) is 11.0. The molecule has 0 unspecified atom stereocenters. The van der Waals surface area contributed by atoms with Gasteiger partial charge in [0.1, 0.15) is 5.60 Å². The Balaban J connectivity index is 4.06. The monoisotopic (exact) mass is 389 g/mol. The molecule has 7 nitrogen and oxygen atoms in total. The van der Waals surface area contributed by atoms with E-state index in [-0.39, 0.29) is 11.8 Å². The number of nitrogens with one attached hydrogen (secondary N) is 1. The molecule has 152 valence electrons. The van der Waals surface area contributed by atoms with Crippen LogP contribution in [0, 0.1) is 0 Å². The lowest BCUT2D eigenvalue weighted by atomic mass is 10.2. The third kappa shape index (κ3) is 12.0. The van der Waals surface area contributed by atoms with Crippen molar-refractivity contribution in [3.05, 3.63) is 0 Å². The molecule has 0 saturated heterocycles. The number of carbonyl (C=O) groups is 3. The second-order valence-corrected chi connectivity index (χ2v) is 8.17. The van der Waals surface area contributed by atoms with Crippen LogP contribution in [0.3, 0.4) is 0 Å². The van der Waals surface area contributed by atoms with E-state index in [4.69, 9.17) is 4.74 Å². The van der Waals surface area contributed by atoms with Crippen molar-refractivity contribution >= 4 is 29.7 Å². The van der Waals surface area contributed by atoms with Crippen molar-refractivity contribution in [2.45, 2.75) is 53.1 Å². The number of alkyl carbamates (subject to hydrolysis) is 1. The van der Waals surface area contributed by atoms with Crippen LogP contribution in [0.1, 0.15) is 47.5 Å². The Kier molecular flexibility index (Phi) is 12.1. The van der Waals surface area contributed by atoms with Crippen molar-refractivity contribution in [3.63, 3.8) is 0 Å². The van der Waals surface area contributed by atoms with Crippen molar-refractivity contribution in [2.24, 2.45) is 0 Å². The van der Waals surface area contributed by atoms with Crippen LogP contribution >= 0.6 is 11.8 Å². The molecule has 26 heavy (non-hydrogen) atoms. The first-order valence-electron chi connectivity index (χ1n) is 9.17. The van der Waals surface area contributed by atoms with Gasteiger partial charge in [-0.1, -0.05) is 13.8 Å².